The van der Waals surface area contributed by atoms with Crippen molar-refractivity contribution < 1.29 is 23.8 Å². The minimum absolute atomic E-state index is 0.00330. The maximum absolute atomic E-state index is 15.2. The Bertz CT molecular complexity index is 1550. The van der Waals surface area contributed by atoms with Crippen LogP contribution in [0.3, 0.4) is 0 Å². The maximum atomic E-state index is 15.2. The van der Waals surface area contributed by atoms with Gasteiger partial charge in [0.2, 0.25) is 5.91 Å². The molecule has 4 N–H and O–H groups in total. The Hall–Kier alpha value is -4.10. The number of ether oxygens (including phenoxy) is 1. The maximum Gasteiger partial charge on any atom is 0.267 e. The van der Waals surface area contributed by atoms with Crippen molar-refractivity contribution in [2.75, 3.05) is 11.9 Å². The topological polar surface area (TPSA) is 127 Å². The average Bonchev–Trinajstić information content (AvgIpc) is 3.29. The summed E-state index contributed by atoms with van der Waals surface area (Å²) in [6, 6.07) is 15.7. The van der Waals surface area contributed by atoms with E-state index >= 15 is 4.39 Å². The predicted molar refractivity (Wildman–Crippen MR) is 137 cm³/mol. The van der Waals surface area contributed by atoms with Crippen LogP contribution in [0, 0.1) is 17.1 Å². The van der Waals surface area contributed by atoms with Crippen LogP contribution in [0.25, 0.3) is 10.9 Å². The molecule has 1 aromatic heterocycles. The van der Waals surface area contributed by atoms with Gasteiger partial charge >= 0.3 is 0 Å². The summed E-state index contributed by atoms with van der Waals surface area (Å²) < 4.78 is 20.8. The Balaban J connectivity index is 1.48. The first-order valence-electron chi connectivity index (χ1n) is 10.9. The number of benzene rings is 3. The van der Waals surface area contributed by atoms with Crippen LogP contribution in [-0.2, 0) is 11.3 Å². The molecular formula is C26H19Cl2FN4O4. The van der Waals surface area contributed by atoms with E-state index < -0.39 is 11.7 Å². The van der Waals surface area contributed by atoms with Crippen molar-refractivity contribution in [2.24, 2.45) is 0 Å². The molecule has 0 fully saturated rings. The van der Waals surface area contributed by atoms with Crippen molar-refractivity contribution in [2.45, 2.75) is 13.0 Å². The first kappa shape index (κ1) is 26.0. The number of carbonyl (C=O) groups excluding carboxylic acids is 2. The number of anilines is 1. The zero-order valence-corrected chi connectivity index (χ0v) is 20.6. The number of nitrogens with one attached hydrogen (secondary N) is 3. The first-order valence-corrected chi connectivity index (χ1v) is 11.7. The van der Waals surface area contributed by atoms with Crippen LogP contribution < -0.4 is 15.4 Å². The summed E-state index contributed by atoms with van der Waals surface area (Å²) in [5.41, 5.74) is 1.79. The molecule has 8 nitrogen and oxygen atoms in total. The molecule has 0 saturated heterocycles. The molecule has 188 valence electrons. The number of aliphatic hydroxyl groups excluding tert-OH is 1. The van der Waals surface area contributed by atoms with E-state index in [1.165, 1.54) is 30.3 Å². The van der Waals surface area contributed by atoms with Crippen LogP contribution >= 0.6 is 23.2 Å². The molecule has 0 aliphatic carbocycles. The second kappa shape index (κ2) is 11.3. The first-order chi connectivity index (χ1) is 17.8. The SMILES string of the molecule is N#Cc1cc(Cl)cc(Oc2c(Cl)ccc(CNC(=O)c3cc4cc(NC(=O)CCO)ccc4[nH]3)c2F)c1. The van der Waals surface area contributed by atoms with E-state index in [4.69, 9.17) is 38.3 Å². The molecule has 3 aromatic carbocycles. The minimum atomic E-state index is -0.772. The number of halogens is 3. The molecule has 0 saturated carbocycles. The molecule has 1 heterocycles. The second-order valence-corrected chi connectivity index (χ2v) is 8.77. The fourth-order valence-electron chi connectivity index (χ4n) is 3.54. The van der Waals surface area contributed by atoms with E-state index in [1.54, 1.807) is 24.3 Å². The Morgan fingerprint density at radius 3 is 2.68 bits per heavy atom. The van der Waals surface area contributed by atoms with Crippen LogP contribution in [0.15, 0.2) is 54.6 Å². The Morgan fingerprint density at radius 2 is 1.92 bits per heavy atom. The standard InChI is InChI=1S/C26H19Cl2FN4O4/c27-17-7-14(12-30)8-19(11-17)37-25-20(28)3-1-15(24(25)29)13-31-26(36)22-10-16-9-18(2-4-21(16)33-22)32-23(35)5-6-34/h1-4,7-11,33-34H,5-6,13H2,(H,31,36)(H,32,35). The van der Waals surface area contributed by atoms with Crippen molar-refractivity contribution >= 4 is 51.6 Å². The Kier molecular flexibility index (Phi) is 7.94. The summed E-state index contributed by atoms with van der Waals surface area (Å²) in [6.07, 6.45) is -0.0210. The van der Waals surface area contributed by atoms with Crippen LogP contribution in [0.1, 0.15) is 28.0 Å². The normalized spacial score (nSPS) is 10.7. The number of amides is 2. The van der Waals surface area contributed by atoms with E-state index in [0.29, 0.717) is 16.6 Å². The Labute approximate surface area is 220 Å². The summed E-state index contributed by atoms with van der Waals surface area (Å²) in [5.74, 6) is -1.71. The number of aliphatic hydroxyl groups is 1. The number of carbonyl (C=O) groups is 2. The highest BCUT2D eigenvalue weighted by Crippen LogP contribution is 2.35. The molecule has 0 unspecified atom stereocenters. The zero-order chi connectivity index (χ0) is 26.5. The summed E-state index contributed by atoms with van der Waals surface area (Å²) in [7, 11) is 0. The molecule has 0 atom stereocenters. The van der Waals surface area contributed by atoms with Crippen molar-refractivity contribution in [1.29, 1.82) is 5.26 Å². The quantitative estimate of drug-likeness (QED) is 0.233. The van der Waals surface area contributed by atoms with Gasteiger partial charge in [0.1, 0.15) is 11.4 Å². The lowest BCUT2D eigenvalue weighted by molar-refractivity contribution is -0.116. The van der Waals surface area contributed by atoms with Crippen LogP contribution in [0.2, 0.25) is 10.0 Å². The molecule has 0 aliphatic rings. The van der Waals surface area contributed by atoms with Crippen molar-refractivity contribution in [3.8, 4) is 17.6 Å². The molecule has 0 bridgehead atoms. The third-order valence-corrected chi connectivity index (χ3v) is 5.79. The highest BCUT2D eigenvalue weighted by molar-refractivity contribution is 6.32. The van der Waals surface area contributed by atoms with Gasteiger partial charge in [-0.1, -0.05) is 29.3 Å². The van der Waals surface area contributed by atoms with Crippen molar-refractivity contribution in [1.82, 2.24) is 10.3 Å². The molecule has 0 spiro atoms. The summed E-state index contributed by atoms with van der Waals surface area (Å²) in [4.78, 5) is 27.4. The molecular weight excluding hydrogens is 522 g/mol. The number of H-pyrrole nitrogens is 1. The van der Waals surface area contributed by atoms with Gasteiger partial charge in [-0.3, -0.25) is 9.59 Å². The smallest absolute Gasteiger partial charge is 0.267 e. The van der Waals surface area contributed by atoms with Gasteiger partial charge in [-0.25, -0.2) is 4.39 Å². The molecule has 37 heavy (non-hydrogen) atoms. The van der Waals surface area contributed by atoms with Gasteiger partial charge in [-0.05, 0) is 48.5 Å². The van der Waals surface area contributed by atoms with Gasteiger partial charge in [0.15, 0.2) is 11.6 Å². The van der Waals surface area contributed by atoms with Gasteiger partial charge in [-0.2, -0.15) is 5.26 Å². The van der Waals surface area contributed by atoms with Crippen LogP contribution in [0.4, 0.5) is 10.1 Å². The van der Waals surface area contributed by atoms with E-state index in [-0.39, 0.29) is 63.8 Å². The van der Waals surface area contributed by atoms with Crippen LogP contribution in [-0.4, -0.2) is 28.5 Å². The van der Waals surface area contributed by atoms with Crippen LogP contribution in [0.5, 0.6) is 11.5 Å². The number of nitrogens with zero attached hydrogens (tertiary/aromatic N) is 1. The molecule has 4 rings (SSSR count). The molecule has 11 heteroatoms. The number of nitriles is 1. The van der Waals surface area contributed by atoms with Gasteiger partial charge in [0.05, 0.1) is 29.7 Å². The van der Waals surface area contributed by atoms with Gasteiger partial charge < -0.3 is 25.5 Å². The van der Waals surface area contributed by atoms with Crippen molar-refractivity contribution in [3.63, 3.8) is 0 Å². The highest BCUT2D eigenvalue weighted by Gasteiger charge is 2.17. The molecule has 0 radical (unpaired) electrons. The minimum Gasteiger partial charge on any atom is -0.453 e. The third kappa shape index (κ3) is 6.19. The number of aromatic amines is 1. The molecule has 2 amide bonds. The number of hydrogen-bond donors (Lipinski definition) is 4. The lowest BCUT2D eigenvalue weighted by atomic mass is 10.2. The summed E-state index contributed by atoms with van der Waals surface area (Å²) in [6.45, 7) is -0.415. The average molecular weight is 541 g/mol. The molecule has 0 aliphatic heterocycles. The van der Waals surface area contributed by atoms with Gasteiger partial charge in [-0.15, -0.1) is 0 Å². The third-order valence-electron chi connectivity index (χ3n) is 5.28. The van der Waals surface area contributed by atoms with Crippen molar-refractivity contribution in [3.05, 3.63) is 87.3 Å². The Morgan fingerprint density at radius 1 is 1.11 bits per heavy atom. The van der Waals surface area contributed by atoms with Gasteiger partial charge in [0, 0.05) is 33.7 Å². The zero-order valence-electron chi connectivity index (χ0n) is 19.1. The number of fused-ring (bicyclic) bond motifs is 1. The molecule has 4 aromatic rings. The fraction of sp³-hybridized carbons (Fsp3) is 0.115. The van der Waals surface area contributed by atoms with E-state index in [0.717, 1.165) is 0 Å². The number of aromatic nitrogens is 1. The lowest BCUT2D eigenvalue weighted by Gasteiger charge is -2.13. The van der Waals surface area contributed by atoms with E-state index in [2.05, 4.69) is 15.6 Å². The predicted octanol–water partition coefficient (Wildman–Crippen LogP) is 5.53. The highest BCUT2D eigenvalue weighted by atomic mass is 35.5. The number of rotatable bonds is 8. The fourth-order valence-corrected chi connectivity index (χ4v) is 3.95. The summed E-state index contributed by atoms with van der Waals surface area (Å²) in [5, 5.41) is 24.2. The van der Waals surface area contributed by atoms with Gasteiger partial charge in [0.25, 0.3) is 5.91 Å². The van der Waals surface area contributed by atoms with E-state index in [1.807, 2.05) is 6.07 Å². The second-order valence-electron chi connectivity index (χ2n) is 7.93. The number of hydrogen-bond acceptors (Lipinski definition) is 5. The largest absolute Gasteiger partial charge is 0.453 e. The monoisotopic (exact) mass is 540 g/mol. The lowest BCUT2D eigenvalue weighted by Crippen LogP contribution is -2.23. The van der Waals surface area contributed by atoms with E-state index in [9.17, 15) is 9.59 Å². The summed E-state index contributed by atoms with van der Waals surface area (Å²) >= 11 is 12.1.